The summed E-state index contributed by atoms with van der Waals surface area (Å²) in [4.78, 5) is 55.4. The fourth-order valence-electron chi connectivity index (χ4n) is 13.2. The number of carbonyl (C=O) groups is 4. The Balaban J connectivity index is 1.25. The largest absolute Gasteiger partial charge is 0.466 e. The Morgan fingerprint density at radius 3 is 2.28 bits per heavy atom. The molecule has 0 bridgehead atoms. The predicted octanol–water partition coefficient (Wildman–Crippen LogP) is 3.24. The second-order valence-electron chi connectivity index (χ2n) is 21.4. The Labute approximate surface area is 380 Å². The average Bonchev–Trinajstić information content (AvgIpc) is 3.45. The molecular formula is C49H80N2O13. The fourth-order valence-corrected chi connectivity index (χ4v) is 13.2. The number of ketones is 1. The molecule has 18 atom stereocenters. The Hall–Kier alpha value is -2.76. The lowest BCUT2D eigenvalue weighted by Crippen LogP contribution is -2.63. The number of esters is 3. The summed E-state index contributed by atoms with van der Waals surface area (Å²) in [7, 11) is 1.30. The topological polar surface area (TPSA) is 233 Å². The third-order valence-electron chi connectivity index (χ3n) is 16.8. The standard InChI is InChI=1S/C49H80N2O13/c1-12-37-48(10,61)42(57)31(6)51(26-27(2)24-47(9,60)41(56)29(4)40(55)30(5)43(58)63-37)21-13-19-50-20-17-38(54)64-49(44(59)62-11)28(3)22-35-34-15-14-32-23-33(52)16-18-45(32,7)39(34)36(53)25-46(35,49)8/h14,16,18,27-31,34-37,39-42,50,53,55-57,60-61H,12-13,15,17,19-26H2,1-11H3/t27-,28-,29+,30-,31-,34?,35?,36+,37-,39?,40+,41-,42-,45+,46+,47-,48-,49+/m1/s1. The van der Waals surface area contributed by atoms with Crippen LogP contribution in [0.2, 0.25) is 0 Å². The van der Waals surface area contributed by atoms with Gasteiger partial charge in [-0.05, 0) is 103 Å². The van der Waals surface area contributed by atoms with Gasteiger partial charge in [0, 0.05) is 54.1 Å². The first-order valence-electron chi connectivity index (χ1n) is 23.8. The van der Waals surface area contributed by atoms with E-state index < -0.39 is 93.9 Å². The third-order valence-corrected chi connectivity index (χ3v) is 16.8. The smallest absolute Gasteiger partial charge is 0.351 e. The number of aliphatic hydroxyl groups excluding tert-OH is 4. The van der Waals surface area contributed by atoms with Crippen LogP contribution in [0.25, 0.3) is 0 Å². The monoisotopic (exact) mass is 905 g/mol. The van der Waals surface area contributed by atoms with E-state index in [4.69, 9.17) is 14.2 Å². The van der Waals surface area contributed by atoms with Crippen molar-refractivity contribution in [2.75, 3.05) is 33.3 Å². The number of carbonyl (C=O) groups excluding carboxylic acids is 4. The Bertz CT molecular complexity index is 1770. The molecule has 0 radical (unpaired) electrons. The maximum absolute atomic E-state index is 14.0. The van der Waals surface area contributed by atoms with E-state index in [1.54, 1.807) is 26.8 Å². The quantitative estimate of drug-likeness (QED) is 0.0722. The minimum absolute atomic E-state index is 0.00510. The van der Waals surface area contributed by atoms with Gasteiger partial charge in [-0.3, -0.25) is 19.3 Å². The molecule has 0 aromatic carbocycles. The molecule has 3 unspecified atom stereocenters. The number of fused-ring (bicyclic) bond motifs is 5. The second kappa shape index (κ2) is 19.8. The van der Waals surface area contributed by atoms with E-state index in [1.807, 2.05) is 31.7 Å². The number of aliphatic hydroxyl groups is 6. The predicted molar refractivity (Wildman–Crippen MR) is 238 cm³/mol. The van der Waals surface area contributed by atoms with Gasteiger partial charge in [0.1, 0.15) is 17.8 Å². The molecule has 364 valence electrons. The van der Waals surface area contributed by atoms with Crippen molar-refractivity contribution in [3.8, 4) is 0 Å². The summed E-state index contributed by atoms with van der Waals surface area (Å²) in [5.41, 5.74) is -5.48. The molecule has 0 amide bonds. The Morgan fingerprint density at radius 2 is 1.64 bits per heavy atom. The van der Waals surface area contributed by atoms with Gasteiger partial charge in [0.25, 0.3) is 0 Å². The SMILES string of the molecule is CC[C@H]1OC(=O)[C@H](C)[C@@H](O)[C@H](C)[C@@H](O)[C@](C)(O)C[C@@H](C)CN(CCCNCCC(=O)O[C@]2(C(=O)OC)[C@H](C)CC3C4CC=C5CC(=O)C=C[C@]5(C)C4[C@@H](O)C[C@@]32C)[C@H](C)[C@@H](O)[C@]1(C)O. The highest BCUT2D eigenvalue weighted by atomic mass is 16.6. The molecule has 3 fully saturated rings. The van der Waals surface area contributed by atoms with Gasteiger partial charge in [-0.15, -0.1) is 0 Å². The summed E-state index contributed by atoms with van der Waals surface area (Å²) < 4.78 is 17.5. The van der Waals surface area contributed by atoms with E-state index in [-0.39, 0.29) is 67.6 Å². The summed E-state index contributed by atoms with van der Waals surface area (Å²) in [5.74, 6) is -4.74. The summed E-state index contributed by atoms with van der Waals surface area (Å²) >= 11 is 0. The zero-order chi connectivity index (χ0) is 47.9. The number of ether oxygens (including phenoxy) is 3. The minimum Gasteiger partial charge on any atom is -0.466 e. The van der Waals surface area contributed by atoms with Crippen molar-refractivity contribution in [1.82, 2.24) is 10.2 Å². The molecule has 15 nitrogen and oxygen atoms in total. The van der Waals surface area contributed by atoms with E-state index in [2.05, 4.69) is 18.3 Å². The first kappa shape index (κ1) is 52.2. The van der Waals surface area contributed by atoms with Gasteiger partial charge in [0.2, 0.25) is 5.60 Å². The number of hydrogen-bond acceptors (Lipinski definition) is 15. The number of nitrogens with zero attached hydrogens (tertiary/aromatic N) is 1. The summed E-state index contributed by atoms with van der Waals surface area (Å²) in [6.45, 7) is 18.8. The lowest BCUT2D eigenvalue weighted by Gasteiger charge is -2.59. The van der Waals surface area contributed by atoms with Gasteiger partial charge in [-0.2, -0.15) is 0 Å². The van der Waals surface area contributed by atoms with E-state index in [0.717, 1.165) is 5.57 Å². The maximum atomic E-state index is 14.0. The number of rotatable bonds is 10. The van der Waals surface area contributed by atoms with Crippen molar-refractivity contribution in [1.29, 1.82) is 0 Å². The first-order chi connectivity index (χ1) is 29.7. The maximum Gasteiger partial charge on any atom is 0.351 e. The van der Waals surface area contributed by atoms with Gasteiger partial charge in [0.15, 0.2) is 5.78 Å². The van der Waals surface area contributed by atoms with Gasteiger partial charge in [-0.25, -0.2) is 4.79 Å². The normalized spacial score (nSPS) is 45.8. The molecule has 5 rings (SSSR count). The van der Waals surface area contributed by atoms with Crippen molar-refractivity contribution in [2.45, 2.75) is 174 Å². The van der Waals surface area contributed by atoms with Crippen LogP contribution < -0.4 is 5.32 Å². The van der Waals surface area contributed by atoms with E-state index in [0.29, 0.717) is 45.3 Å². The molecule has 1 aliphatic heterocycles. The fraction of sp³-hybridized carbons (Fsp3) is 0.837. The second-order valence-corrected chi connectivity index (χ2v) is 21.4. The molecule has 5 aliphatic rings. The van der Waals surface area contributed by atoms with Gasteiger partial charge >= 0.3 is 17.9 Å². The Morgan fingerprint density at radius 1 is 0.969 bits per heavy atom. The van der Waals surface area contributed by atoms with Crippen LogP contribution in [-0.2, 0) is 33.4 Å². The summed E-state index contributed by atoms with van der Waals surface area (Å²) in [5, 5.41) is 72.5. The van der Waals surface area contributed by atoms with Crippen LogP contribution in [0.5, 0.6) is 0 Å². The van der Waals surface area contributed by atoms with Crippen LogP contribution in [0.1, 0.15) is 121 Å². The van der Waals surface area contributed by atoms with Crippen molar-refractivity contribution in [2.24, 2.45) is 52.3 Å². The van der Waals surface area contributed by atoms with Crippen LogP contribution in [0.3, 0.4) is 0 Å². The molecule has 0 spiro atoms. The van der Waals surface area contributed by atoms with Crippen LogP contribution >= 0.6 is 0 Å². The molecule has 64 heavy (non-hydrogen) atoms. The molecule has 1 heterocycles. The molecule has 0 aromatic rings. The number of hydrogen-bond donors (Lipinski definition) is 7. The highest BCUT2D eigenvalue weighted by Crippen LogP contribution is 2.68. The minimum atomic E-state index is -1.87. The van der Waals surface area contributed by atoms with Crippen LogP contribution in [0.4, 0.5) is 0 Å². The van der Waals surface area contributed by atoms with Crippen molar-refractivity contribution < 1.29 is 64.0 Å². The molecular weight excluding hydrogens is 825 g/mol. The molecule has 1 saturated heterocycles. The van der Waals surface area contributed by atoms with Gasteiger partial charge < -0.3 is 50.2 Å². The zero-order valence-electron chi connectivity index (χ0n) is 40.2. The van der Waals surface area contributed by atoms with Crippen molar-refractivity contribution in [3.05, 3.63) is 23.8 Å². The van der Waals surface area contributed by atoms with Gasteiger partial charge in [-0.1, -0.05) is 59.3 Å². The van der Waals surface area contributed by atoms with E-state index in [9.17, 15) is 49.8 Å². The first-order valence-corrected chi connectivity index (χ1v) is 23.8. The van der Waals surface area contributed by atoms with Crippen molar-refractivity contribution >= 4 is 23.7 Å². The molecule has 7 N–H and O–H groups in total. The van der Waals surface area contributed by atoms with Gasteiger partial charge in [0.05, 0.1) is 43.4 Å². The lowest BCUT2D eigenvalue weighted by molar-refractivity contribution is -0.216. The Kier molecular flexibility index (Phi) is 16.2. The highest BCUT2D eigenvalue weighted by Gasteiger charge is 2.73. The number of nitrogens with one attached hydrogen (secondary N) is 1. The number of methoxy groups -OCH3 is 1. The average molecular weight is 905 g/mol. The lowest BCUT2D eigenvalue weighted by atomic mass is 9.47. The van der Waals surface area contributed by atoms with E-state index >= 15 is 0 Å². The van der Waals surface area contributed by atoms with Crippen LogP contribution in [0, 0.1) is 52.3 Å². The zero-order valence-corrected chi connectivity index (χ0v) is 40.2. The van der Waals surface area contributed by atoms with Crippen LogP contribution in [-0.4, -0.2) is 146 Å². The third kappa shape index (κ3) is 9.53. The summed E-state index contributed by atoms with van der Waals surface area (Å²) in [6, 6.07) is -0.651. The summed E-state index contributed by atoms with van der Waals surface area (Å²) in [6.07, 6.45) is 2.35. The molecule has 15 heteroatoms. The molecule has 2 saturated carbocycles. The number of allylic oxidation sites excluding steroid dienone is 4. The number of cyclic esters (lactones) is 1. The van der Waals surface area contributed by atoms with E-state index in [1.165, 1.54) is 27.9 Å². The molecule has 4 aliphatic carbocycles. The van der Waals surface area contributed by atoms with Crippen LogP contribution in [0.15, 0.2) is 23.8 Å². The van der Waals surface area contributed by atoms with Crippen molar-refractivity contribution in [3.63, 3.8) is 0 Å². The highest BCUT2D eigenvalue weighted by molar-refractivity contribution is 5.93. The molecule has 0 aromatic heterocycles.